The summed E-state index contributed by atoms with van der Waals surface area (Å²) in [6.07, 6.45) is 2.98. The van der Waals surface area contributed by atoms with E-state index in [9.17, 15) is 13.6 Å². The van der Waals surface area contributed by atoms with Crippen LogP contribution in [0.3, 0.4) is 0 Å². The monoisotopic (exact) mass is 211 g/mol. The molecule has 1 amide bonds. The van der Waals surface area contributed by atoms with Crippen molar-refractivity contribution in [2.24, 2.45) is 0 Å². The Balaban J connectivity index is 2.63. The maximum absolute atomic E-state index is 13.1. The molecule has 0 aromatic heterocycles. The predicted molar refractivity (Wildman–Crippen MR) is 54.1 cm³/mol. The van der Waals surface area contributed by atoms with Gasteiger partial charge in [0.15, 0.2) is 0 Å². The van der Waals surface area contributed by atoms with E-state index in [0.717, 1.165) is 18.2 Å². The highest BCUT2D eigenvalue weighted by Crippen LogP contribution is 2.10. The van der Waals surface area contributed by atoms with E-state index in [4.69, 9.17) is 0 Å². The molecule has 0 radical (unpaired) electrons. The number of carbonyl (C=O) groups excluding carboxylic acids is 1. The summed E-state index contributed by atoms with van der Waals surface area (Å²) in [7, 11) is 0. The standard InChI is InChI=1S/C11H11F2NO/c1-8(15)14-6-2-3-9-7-10(12)4-5-11(9)13/h2-5,7H,6H2,1H3,(H,14,15). The van der Waals surface area contributed by atoms with Crippen molar-refractivity contribution in [2.45, 2.75) is 6.92 Å². The molecule has 0 aliphatic rings. The van der Waals surface area contributed by atoms with Crippen molar-refractivity contribution >= 4 is 12.0 Å². The summed E-state index contributed by atoms with van der Waals surface area (Å²) in [5.74, 6) is -1.15. The Labute approximate surface area is 86.6 Å². The van der Waals surface area contributed by atoms with Crippen LogP contribution in [0.5, 0.6) is 0 Å². The molecule has 0 spiro atoms. The van der Waals surface area contributed by atoms with Gasteiger partial charge in [-0.1, -0.05) is 12.2 Å². The molecule has 1 N–H and O–H groups in total. The maximum atomic E-state index is 13.1. The third kappa shape index (κ3) is 3.89. The SMILES string of the molecule is CC(=O)NCC=Cc1cc(F)ccc1F. The fraction of sp³-hybridized carbons (Fsp3) is 0.182. The van der Waals surface area contributed by atoms with Gasteiger partial charge in [-0.05, 0) is 18.2 Å². The van der Waals surface area contributed by atoms with Crippen molar-refractivity contribution in [1.29, 1.82) is 0 Å². The zero-order chi connectivity index (χ0) is 11.3. The summed E-state index contributed by atoms with van der Waals surface area (Å²) >= 11 is 0. The fourth-order valence-corrected chi connectivity index (χ4v) is 1.03. The van der Waals surface area contributed by atoms with Crippen molar-refractivity contribution < 1.29 is 13.6 Å². The minimum absolute atomic E-state index is 0.167. The zero-order valence-corrected chi connectivity index (χ0v) is 8.26. The van der Waals surface area contributed by atoms with Gasteiger partial charge in [0.05, 0.1) is 0 Å². The van der Waals surface area contributed by atoms with Crippen molar-refractivity contribution in [3.8, 4) is 0 Å². The van der Waals surface area contributed by atoms with E-state index >= 15 is 0 Å². The number of nitrogens with one attached hydrogen (secondary N) is 1. The summed E-state index contributed by atoms with van der Waals surface area (Å²) in [4.78, 5) is 10.5. The maximum Gasteiger partial charge on any atom is 0.217 e. The van der Waals surface area contributed by atoms with E-state index in [0.29, 0.717) is 6.54 Å². The molecule has 4 heteroatoms. The molecule has 0 unspecified atom stereocenters. The van der Waals surface area contributed by atoms with Gasteiger partial charge in [0.25, 0.3) is 0 Å². The molecule has 1 rings (SSSR count). The van der Waals surface area contributed by atoms with Gasteiger partial charge in [0, 0.05) is 19.0 Å². The van der Waals surface area contributed by atoms with Crippen LogP contribution in [0.4, 0.5) is 8.78 Å². The molecular formula is C11H11F2NO. The Morgan fingerprint density at radius 1 is 1.47 bits per heavy atom. The molecule has 80 valence electrons. The van der Waals surface area contributed by atoms with Crippen LogP contribution in [0.1, 0.15) is 12.5 Å². The molecule has 0 heterocycles. The minimum atomic E-state index is -0.490. The van der Waals surface area contributed by atoms with Crippen LogP contribution >= 0.6 is 0 Å². The average Bonchev–Trinajstić information content (AvgIpc) is 2.17. The smallest absolute Gasteiger partial charge is 0.217 e. The first-order valence-electron chi connectivity index (χ1n) is 4.45. The summed E-state index contributed by atoms with van der Waals surface area (Å²) in [5.41, 5.74) is 0.167. The molecule has 1 aromatic carbocycles. The first-order chi connectivity index (χ1) is 7.09. The Hall–Kier alpha value is -1.71. The number of halogens is 2. The third-order valence-corrected chi connectivity index (χ3v) is 1.72. The lowest BCUT2D eigenvalue weighted by Crippen LogP contribution is -2.19. The molecule has 0 bridgehead atoms. The summed E-state index contributed by atoms with van der Waals surface area (Å²) in [6, 6.07) is 3.22. The second-order valence-corrected chi connectivity index (χ2v) is 3.01. The van der Waals surface area contributed by atoms with Crippen LogP contribution < -0.4 is 5.32 Å². The van der Waals surface area contributed by atoms with Crippen molar-refractivity contribution in [3.63, 3.8) is 0 Å². The van der Waals surface area contributed by atoms with Crippen LogP contribution in [0.25, 0.3) is 6.08 Å². The lowest BCUT2D eigenvalue weighted by molar-refractivity contribution is -0.118. The first-order valence-corrected chi connectivity index (χ1v) is 4.45. The topological polar surface area (TPSA) is 29.1 Å². The van der Waals surface area contributed by atoms with Gasteiger partial charge in [-0.25, -0.2) is 8.78 Å². The molecule has 0 saturated heterocycles. The van der Waals surface area contributed by atoms with Gasteiger partial charge in [-0.2, -0.15) is 0 Å². The van der Waals surface area contributed by atoms with Gasteiger partial charge < -0.3 is 5.32 Å². The molecule has 0 saturated carbocycles. The average molecular weight is 211 g/mol. The zero-order valence-electron chi connectivity index (χ0n) is 8.26. The van der Waals surface area contributed by atoms with Crippen molar-refractivity contribution in [2.75, 3.05) is 6.54 Å². The van der Waals surface area contributed by atoms with Gasteiger partial charge >= 0.3 is 0 Å². The minimum Gasteiger partial charge on any atom is -0.353 e. The first kappa shape index (κ1) is 11.4. The van der Waals surface area contributed by atoms with Crippen LogP contribution in [-0.2, 0) is 4.79 Å². The highest BCUT2D eigenvalue weighted by Gasteiger charge is 1.99. The second kappa shape index (κ2) is 5.24. The summed E-state index contributed by atoms with van der Waals surface area (Å²) in [5, 5.41) is 2.51. The predicted octanol–water partition coefficient (Wildman–Crippen LogP) is 2.11. The molecule has 2 nitrogen and oxygen atoms in total. The van der Waals surface area contributed by atoms with Gasteiger partial charge in [0.2, 0.25) is 5.91 Å². The van der Waals surface area contributed by atoms with Crippen LogP contribution in [0.2, 0.25) is 0 Å². The number of benzene rings is 1. The molecular weight excluding hydrogens is 200 g/mol. The van der Waals surface area contributed by atoms with Crippen LogP contribution in [0.15, 0.2) is 24.3 Å². The molecule has 15 heavy (non-hydrogen) atoms. The Bertz CT molecular complexity index is 388. The van der Waals surface area contributed by atoms with Crippen molar-refractivity contribution in [1.82, 2.24) is 5.32 Å². The number of hydrogen-bond acceptors (Lipinski definition) is 1. The quantitative estimate of drug-likeness (QED) is 0.815. The van der Waals surface area contributed by atoms with E-state index in [2.05, 4.69) is 5.32 Å². The third-order valence-electron chi connectivity index (χ3n) is 1.72. The molecule has 0 aliphatic heterocycles. The number of rotatable bonds is 3. The second-order valence-electron chi connectivity index (χ2n) is 3.01. The van der Waals surface area contributed by atoms with E-state index in [-0.39, 0.29) is 11.5 Å². The highest BCUT2D eigenvalue weighted by atomic mass is 19.1. The summed E-state index contributed by atoms with van der Waals surface area (Å²) < 4.78 is 25.8. The highest BCUT2D eigenvalue weighted by molar-refractivity contribution is 5.73. The van der Waals surface area contributed by atoms with Crippen molar-refractivity contribution in [3.05, 3.63) is 41.5 Å². The van der Waals surface area contributed by atoms with E-state index in [1.54, 1.807) is 6.08 Å². The normalized spacial score (nSPS) is 10.6. The Kier molecular flexibility index (Phi) is 3.97. The molecule has 1 aromatic rings. The van der Waals surface area contributed by atoms with E-state index in [1.165, 1.54) is 13.0 Å². The molecule has 0 fully saturated rings. The van der Waals surface area contributed by atoms with Gasteiger partial charge in [-0.15, -0.1) is 0 Å². The van der Waals surface area contributed by atoms with Gasteiger partial charge in [-0.3, -0.25) is 4.79 Å². The largest absolute Gasteiger partial charge is 0.353 e. The molecule has 0 aliphatic carbocycles. The number of hydrogen-bond donors (Lipinski definition) is 1. The van der Waals surface area contributed by atoms with E-state index < -0.39 is 11.6 Å². The summed E-state index contributed by atoms with van der Waals surface area (Å²) in [6.45, 7) is 1.68. The lowest BCUT2D eigenvalue weighted by atomic mass is 10.2. The fourth-order valence-electron chi connectivity index (χ4n) is 1.03. The Morgan fingerprint density at radius 2 is 2.20 bits per heavy atom. The van der Waals surface area contributed by atoms with E-state index in [1.807, 2.05) is 0 Å². The molecule has 0 atom stereocenters. The van der Waals surface area contributed by atoms with Gasteiger partial charge in [0.1, 0.15) is 11.6 Å². The number of amides is 1. The van der Waals surface area contributed by atoms with Crippen LogP contribution in [-0.4, -0.2) is 12.5 Å². The lowest BCUT2D eigenvalue weighted by Gasteiger charge is -1.97. The Morgan fingerprint density at radius 3 is 2.87 bits per heavy atom. The van der Waals surface area contributed by atoms with Crippen LogP contribution in [0, 0.1) is 11.6 Å². The number of carbonyl (C=O) groups is 1.